The van der Waals surface area contributed by atoms with E-state index in [1.807, 2.05) is 25.1 Å². The highest BCUT2D eigenvalue weighted by molar-refractivity contribution is 5.63. The lowest BCUT2D eigenvalue weighted by Gasteiger charge is -2.04. The summed E-state index contributed by atoms with van der Waals surface area (Å²) in [6.45, 7) is 6.20. The molecule has 1 aromatic carbocycles. The van der Waals surface area contributed by atoms with Crippen LogP contribution in [-0.2, 0) is 6.54 Å². The molecule has 0 fully saturated rings. The number of hydrogen-bond donors (Lipinski definition) is 1. The van der Waals surface area contributed by atoms with E-state index in [9.17, 15) is 0 Å². The van der Waals surface area contributed by atoms with E-state index in [0.29, 0.717) is 12.4 Å². The van der Waals surface area contributed by atoms with Crippen LogP contribution in [0.3, 0.4) is 0 Å². The summed E-state index contributed by atoms with van der Waals surface area (Å²) < 4.78 is 1.68. The Kier molecular flexibility index (Phi) is 2.68. The Balaban J connectivity index is 2.45. The summed E-state index contributed by atoms with van der Waals surface area (Å²) >= 11 is 0. The highest BCUT2D eigenvalue weighted by Crippen LogP contribution is 2.21. The number of nitrogens with two attached hydrogens (primary N) is 1. The van der Waals surface area contributed by atoms with Gasteiger partial charge in [0.15, 0.2) is 5.82 Å². The minimum atomic E-state index is 0.579. The van der Waals surface area contributed by atoms with Gasteiger partial charge in [-0.1, -0.05) is 18.2 Å². The summed E-state index contributed by atoms with van der Waals surface area (Å²) in [7, 11) is 0. The fourth-order valence-electron chi connectivity index (χ4n) is 1.44. The molecule has 0 aliphatic heterocycles. The zero-order valence-electron chi connectivity index (χ0n) is 9.09. The van der Waals surface area contributed by atoms with Crippen LogP contribution in [0.5, 0.6) is 0 Å². The van der Waals surface area contributed by atoms with Crippen molar-refractivity contribution in [2.24, 2.45) is 0 Å². The molecule has 16 heavy (non-hydrogen) atoms. The van der Waals surface area contributed by atoms with Gasteiger partial charge in [0.2, 0.25) is 0 Å². The van der Waals surface area contributed by atoms with Crippen LogP contribution >= 0.6 is 0 Å². The monoisotopic (exact) mass is 215 g/mol. The van der Waals surface area contributed by atoms with E-state index in [0.717, 1.165) is 16.8 Å². The highest BCUT2D eigenvalue weighted by Gasteiger charge is 2.08. The second-order valence-corrected chi connectivity index (χ2v) is 3.54. The van der Waals surface area contributed by atoms with E-state index in [-0.39, 0.29) is 0 Å². The van der Waals surface area contributed by atoms with Gasteiger partial charge >= 0.3 is 0 Å². The van der Waals surface area contributed by atoms with Gasteiger partial charge in [-0.15, -0.1) is 11.7 Å². The second kappa shape index (κ2) is 4.14. The summed E-state index contributed by atoms with van der Waals surface area (Å²) in [5.74, 6) is 0.701. The van der Waals surface area contributed by atoms with E-state index in [2.05, 4.69) is 22.1 Å². The average Bonchev–Trinajstić information content (AvgIpc) is 2.71. The van der Waals surface area contributed by atoms with Crippen molar-refractivity contribution in [3.63, 3.8) is 0 Å². The van der Waals surface area contributed by atoms with Crippen LogP contribution in [0.1, 0.15) is 5.56 Å². The normalized spacial score (nSPS) is 10.3. The molecule has 5 heteroatoms. The number of allylic oxidation sites excluding steroid dienone is 1. The number of aromatic nitrogens is 4. The zero-order valence-corrected chi connectivity index (χ0v) is 9.09. The largest absolute Gasteiger partial charge is 0.398 e. The van der Waals surface area contributed by atoms with E-state index in [4.69, 9.17) is 5.73 Å². The van der Waals surface area contributed by atoms with Crippen molar-refractivity contribution in [2.75, 3.05) is 5.73 Å². The summed E-state index contributed by atoms with van der Waals surface area (Å²) in [5.41, 5.74) is 8.55. The second-order valence-electron chi connectivity index (χ2n) is 3.54. The lowest BCUT2D eigenvalue weighted by Crippen LogP contribution is -2.01. The Bertz CT molecular complexity index is 515. The maximum Gasteiger partial charge on any atom is 0.182 e. The van der Waals surface area contributed by atoms with Crippen LogP contribution in [0.25, 0.3) is 11.4 Å². The molecule has 2 N–H and O–H groups in total. The smallest absolute Gasteiger partial charge is 0.182 e. The molecule has 5 nitrogen and oxygen atoms in total. The first-order chi connectivity index (χ1) is 7.72. The molecule has 0 aliphatic carbocycles. The van der Waals surface area contributed by atoms with Gasteiger partial charge in [-0.3, -0.25) is 0 Å². The van der Waals surface area contributed by atoms with Crippen LogP contribution in [0.2, 0.25) is 0 Å². The van der Waals surface area contributed by atoms with Crippen molar-refractivity contribution in [1.29, 1.82) is 0 Å². The molecule has 0 aliphatic rings. The van der Waals surface area contributed by atoms with Crippen LogP contribution in [0.15, 0.2) is 30.9 Å². The van der Waals surface area contributed by atoms with Crippen molar-refractivity contribution in [1.82, 2.24) is 20.2 Å². The van der Waals surface area contributed by atoms with E-state index in [1.165, 1.54) is 0 Å². The Morgan fingerprint density at radius 2 is 2.31 bits per heavy atom. The quantitative estimate of drug-likeness (QED) is 0.621. The SMILES string of the molecule is C=CCn1nnnc1-c1ccc(C)c(N)c1. The molecule has 0 saturated carbocycles. The standard InChI is InChI=1S/C11H13N5/c1-3-6-16-11(13-14-15-16)9-5-4-8(2)10(12)7-9/h3-5,7H,1,6,12H2,2H3. The summed E-state index contributed by atoms with van der Waals surface area (Å²) in [6, 6.07) is 5.79. The molecule has 0 bridgehead atoms. The molecule has 0 amide bonds. The van der Waals surface area contributed by atoms with Crippen molar-refractivity contribution in [3.05, 3.63) is 36.4 Å². The summed E-state index contributed by atoms with van der Waals surface area (Å²) in [6.07, 6.45) is 1.75. The fraction of sp³-hybridized carbons (Fsp3) is 0.182. The summed E-state index contributed by atoms with van der Waals surface area (Å²) in [5, 5.41) is 11.5. The average molecular weight is 215 g/mol. The first kappa shape index (κ1) is 10.4. The molecule has 1 heterocycles. The third kappa shape index (κ3) is 1.79. The van der Waals surface area contributed by atoms with Crippen molar-refractivity contribution < 1.29 is 0 Å². The van der Waals surface area contributed by atoms with E-state index < -0.39 is 0 Å². The molecule has 2 aromatic rings. The van der Waals surface area contributed by atoms with Gasteiger partial charge in [0, 0.05) is 11.3 Å². The van der Waals surface area contributed by atoms with Crippen LogP contribution in [0, 0.1) is 6.92 Å². The zero-order chi connectivity index (χ0) is 11.5. The number of hydrogen-bond acceptors (Lipinski definition) is 4. The molecular formula is C11H13N5. The first-order valence-corrected chi connectivity index (χ1v) is 4.96. The van der Waals surface area contributed by atoms with Crippen LogP contribution in [0.4, 0.5) is 5.69 Å². The van der Waals surface area contributed by atoms with Gasteiger partial charge in [-0.05, 0) is 29.0 Å². The minimum Gasteiger partial charge on any atom is -0.398 e. The van der Waals surface area contributed by atoms with Gasteiger partial charge in [0.05, 0.1) is 6.54 Å². The Hall–Kier alpha value is -2.17. The Morgan fingerprint density at radius 1 is 1.50 bits per heavy atom. The number of benzene rings is 1. The van der Waals surface area contributed by atoms with E-state index >= 15 is 0 Å². The number of nitrogen functional groups attached to an aromatic ring is 1. The number of aryl methyl sites for hydroxylation is 1. The third-order valence-corrected chi connectivity index (χ3v) is 2.37. The lowest BCUT2D eigenvalue weighted by molar-refractivity contribution is 0.665. The van der Waals surface area contributed by atoms with Gasteiger partial charge in [-0.2, -0.15) is 0 Å². The predicted molar refractivity (Wildman–Crippen MR) is 62.6 cm³/mol. The maximum absolute atomic E-state index is 5.85. The molecule has 1 aromatic heterocycles. The highest BCUT2D eigenvalue weighted by atomic mass is 15.5. The number of tetrazole rings is 1. The molecule has 0 radical (unpaired) electrons. The molecule has 2 rings (SSSR count). The van der Waals surface area contributed by atoms with Gasteiger partial charge in [0.1, 0.15) is 0 Å². The van der Waals surface area contributed by atoms with Gasteiger partial charge in [-0.25, -0.2) is 4.68 Å². The molecular weight excluding hydrogens is 202 g/mol. The Morgan fingerprint density at radius 3 is 3.00 bits per heavy atom. The topological polar surface area (TPSA) is 69.6 Å². The van der Waals surface area contributed by atoms with Gasteiger partial charge in [0.25, 0.3) is 0 Å². The predicted octanol–water partition coefficient (Wildman–Crippen LogP) is 1.42. The molecule has 0 atom stereocenters. The summed E-state index contributed by atoms with van der Waals surface area (Å²) in [4.78, 5) is 0. The van der Waals surface area contributed by atoms with Crippen molar-refractivity contribution >= 4 is 5.69 Å². The third-order valence-electron chi connectivity index (χ3n) is 2.37. The fourth-order valence-corrected chi connectivity index (χ4v) is 1.44. The maximum atomic E-state index is 5.85. The number of anilines is 1. The van der Waals surface area contributed by atoms with Crippen molar-refractivity contribution in [2.45, 2.75) is 13.5 Å². The van der Waals surface area contributed by atoms with Crippen LogP contribution < -0.4 is 5.73 Å². The molecule has 0 unspecified atom stereocenters. The van der Waals surface area contributed by atoms with Gasteiger partial charge < -0.3 is 5.73 Å². The Labute approximate surface area is 93.6 Å². The molecule has 0 spiro atoms. The minimum absolute atomic E-state index is 0.579. The number of rotatable bonds is 3. The lowest BCUT2D eigenvalue weighted by atomic mass is 10.1. The molecule has 0 saturated heterocycles. The van der Waals surface area contributed by atoms with Crippen LogP contribution in [-0.4, -0.2) is 20.2 Å². The number of nitrogens with zero attached hydrogens (tertiary/aromatic N) is 4. The molecule has 82 valence electrons. The van der Waals surface area contributed by atoms with Crippen molar-refractivity contribution in [3.8, 4) is 11.4 Å². The first-order valence-electron chi connectivity index (χ1n) is 4.96. The van der Waals surface area contributed by atoms with E-state index in [1.54, 1.807) is 10.8 Å².